The van der Waals surface area contributed by atoms with Crippen molar-refractivity contribution in [3.63, 3.8) is 0 Å². The number of nitrogens with zero attached hydrogens (tertiary/aromatic N) is 2. The molecule has 0 unspecified atom stereocenters. The molecule has 0 saturated heterocycles. The highest BCUT2D eigenvalue weighted by Crippen LogP contribution is 2.32. The second-order valence-electron chi connectivity index (χ2n) is 7.49. The summed E-state index contributed by atoms with van der Waals surface area (Å²) in [5.74, 6) is -0.349. The zero-order chi connectivity index (χ0) is 22.1. The van der Waals surface area contributed by atoms with E-state index in [0.29, 0.717) is 24.1 Å². The van der Waals surface area contributed by atoms with Gasteiger partial charge < -0.3 is 4.74 Å². The monoisotopic (exact) mass is 440 g/mol. The number of ether oxygens (including phenoxy) is 1. The van der Waals surface area contributed by atoms with E-state index in [1.54, 1.807) is 30.0 Å². The minimum atomic E-state index is -0.349. The van der Waals surface area contributed by atoms with E-state index >= 15 is 0 Å². The molecule has 5 aromatic rings. The van der Waals surface area contributed by atoms with Crippen molar-refractivity contribution >= 4 is 38.3 Å². The van der Waals surface area contributed by atoms with Gasteiger partial charge in [0.25, 0.3) is 5.56 Å². The summed E-state index contributed by atoms with van der Waals surface area (Å²) in [5, 5.41) is 4.94. The van der Waals surface area contributed by atoms with Crippen LogP contribution in [0.4, 0.5) is 0 Å². The van der Waals surface area contributed by atoms with Crippen molar-refractivity contribution in [3.05, 3.63) is 99.9 Å². The van der Waals surface area contributed by atoms with E-state index < -0.39 is 0 Å². The first-order chi connectivity index (χ1) is 15.6. The van der Waals surface area contributed by atoms with Gasteiger partial charge in [-0.05, 0) is 47.0 Å². The number of fused-ring (bicyclic) bond motifs is 2. The van der Waals surface area contributed by atoms with Gasteiger partial charge in [-0.25, -0.2) is 9.78 Å². The molecule has 0 aliphatic rings. The Labute approximate surface area is 188 Å². The minimum absolute atomic E-state index is 0.0751. The van der Waals surface area contributed by atoms with E-state index in [1.165, 1.54) is 11.3 Å². The number of hydrogen-bond donors (Lipinski definition) is 0. The van der Waals surface area contributed by atoms with E-state index in [-0.39, 0.29) is 11.5 Å². The van der Waals surface area contributed by atoms with Crippen molar-refractivity contribution in [2.75, 3.05) is 6.61 Å². The maximum absolute atomic E-state index is 13.4. The first kappa shape index (κ1) is 20.2. The van der Waals surface area contributed by atoms with E-state index in [2.05, 4.69) is 35.3 Å². The number of carbonyl (C=O) groups is 1. The van der Waals surface area contributed by atoms with Crippen molar-refractivity contribution in [2.24, 2.45) is 0 Å². The molecule has 0 bridgehead atoms. The van der Waals surface area contributed by atoms with E-state index in [9.17, 15) is 9.59 Å². The number of rotatable bonds is 5. The van der Waals surface area contributed by atoms with Crippen LogP contribution in [-0.2, 0) is 11.3 Å². The predicted molar refractivity (Wildman–Crippen MR) is 128 cm³/mol. The summed E-state index contributed by atoms with van der Waals surface area (Å²) < 4.78 is 6.63. The van der Waals surface area contributed by atoms with Crippen molar-refractivity contribution in [3.8, 4) is 11.1 Å². The van der Waals surface area contributed by atoms with Crippen LogP contribution in [0.25, 0.3) is 32.1 Å². The number of aromatic nitrogens is 2. The Hall–Kier alpha value is -3.77. The number of carbonyl (C=O) groups excluding carboxylic acids is 1. The molecule has 3 aromatic carbocycles. The SMILES string of the molecule is CCOC(=O)c1ccc(Cn2cnc3scc(-c4ccc5ccccc5c4)c3c2=O)cc1. The summed E-state index contributed by atoms with van der Waals surface area (Å²) in [4.78, 5) is 30.5. The van der Waals surface area contributed by atoms with E-state index in [0.717, 1.165) is 32.3 Å². The number of benzene rings is 3. The summed E-state index contributed by atoms with van der Waals surface area (Å²) >= 11 is 1.48. The molecule has 2 heterocycles. The van der Waals surface area contributed by atoms with Gasteiger partial charge in [0.15, 0.2) is 0 Å². The summed E-state index contributed by atoms with van der Waals surface area (Å²) in [6.45, 7) is 2.48. The Kier molecular flexibility index (Phi) is 5.29. The predicted octanol–water partition coefficient (Wildman–Crippen LogP) is 5.50. The normalized spacial score (nSPS) is 11.2. The Morgan fingerprint density at radius 3 is 2.59 bits per heavy atom. The number of thiophene rings is 1. The van der Waals surface area contributed by atoms with Crippen molar-refractivity contribution in [1.29, 1.82) is 0 Å². The van der Waals surface area contributed by atoms with Crippen LogP contribution >= 0.6 is 11.3 Å². The van der Waals surface area contributed by atoms with E-state index in [1.807, 2.05) is 29.6 Å². The lowest BCUT2D eigenvalue weighted by molar-refractivity contribution is 0.0526. The first-order valence-electron chi connectivity index (χ1n) is 10.4. The van der Waals surface area contributed by atoms with Gasteiger partial charge >= 0.3 is 5.97 Å². The highest BCUT2D eigenvalue weighted by Gasteiger charge is 2.14. The Morgan fingerprint density at radius 1 is 1.03 bits per heavy atom. The van der Waals surface area contributed by atoms with Crippen LogP contribution in [0.1, 0.15) is 22.8 Å². The topological polar surface area (TPSA) is 61.2 Å². The first-order valence-corrected chi connectivity index (χ1v) is 11.2. The van der Waals surface area contributed by atoms with Gasteiger partial charge in [0.2, 0.25) is 0 Å². The smallest absolute Gasteiger partial charge is 0.338 e. The average Bonchev–Trinajstić information content (AvgIpc) is 3.26. The Balaban J connectivity index is 1.51. The standard InChI is InChI=1S/C26H20N2O3S/c1-2-31-26(30)19-9-7-17(8-10-19)14-28-16-27-24-23(25(28)29)22(15-32-24)21-12-11-18-5-3-4-6-20(18)13-21/h3-13,15-16H,2,14H2,1H3. The van der Waals surface area contributed by atoms with Crippen LogP contribution in [0.2, 0.25) is 0 Å². The van der Waals surface area contributed by atoms with Crippen LogP contribution in [0.5, 0.6) is 0 Å². The number of hydrogen-bond acceptors (Lipinski definition) is 5. The largest absolute Gasteiger partial charge is 0.462 e. The zero-order valence-corrected chi connectivity index (χ0v) is 18.3. The summed E-state index contributed by atoms with van der Waals surface area (Å²) in [5.41, 5.74) is 3.23. The lowest BCUT2D eigenvalue weighted by atomic mass is 10.0. The second-order valence-corrected chi connectivity index (χ2v) is 8.34. The average molecular weight is 441 g/mol. The fraction of sp³-hybridized carbons (Fsp3) is 0.115. The van der Waals surface area contributed by atoms with Crippen LogP contribution in [-0.4, -0.2) is 22.1 Å². The number of esters is 1. The molecule has 6 heteroatoms. The van der Waals surface area contributed by atoms with Gasteiger partial charge in [-0.3, -0.25) is 9.36 Å². The highest BCUT2D eigenvalue weighted by molar-refractivity contribution is 7.17. The summed E-state index contributed by atoms with van der Waals surface area (Å²) in [7, 11) is 0. The van der Waals surface area contributed by atoms with Crippen molar-refractivity contribution in [1.82, 2.24) is 9.55 Å². The van der Waals surface area contributed by atoms with E-state index in [4.69, 9.17) is 4.74 Å². The van der Waals surface area contributed by atoms with Crippen molar-refractivity contribution in [2.45, 2.75) is 13.5 Å². The summed E-state index contributed by atoms with van der Waals surface area (Å²) in [6.07, 6.45) is 1.59. The molecule has 0 fully saturated rings. The molecule has 158 valence electrons. The third-order valence-corrected chi connectivity index (χ3v) is 6.33. The molecule has 32 heavy (non-hydrogen) atoms. The molecule has 0 aliphatic carbocycles. The maximum Gasteiger partial charge on any atom is 0.338 e. The molecule has 5 rings (SSSR count). The Bertz CT molecular complexity index is 1500. The lowest BCUT2D eigenvalue weighted by Crippen LogP contribution is -2.21. The van der Waals surface area contributed by atoms with Crippen LogP contribution in [0.3, 0.4) is 0 Å². The third kappa shape index (κ3) is 3.69. The maximum atomic E-state index is 13.4. The molecule has 5 nitrogen and oxygen atoms in total. The molecule has 2 aromatic heterocycles. The fourth-order valence-electron chi connectivity index (χ4n) is 3.81. The molecule has 0 N–H and O–H groups in total. The van der Waals surface area contributed by atoms with Gasteiger partial charge in [0, 0.05) is 10.9 Å². The highest BCUT2D eigenvalue weighted by atomic mass is 32.1. The van der Waals surface area contributed by atoms with Gasteiger partial charge in [0.1, 0.15) is 4.83 Å². The third-order valence-electron chi connectivity index (χ3n) is 5.44. The Morgan fingerprint density at radius 2 is 1.81 bits per heavy atom. The fourth-order valence-corrected chi connectivity index (χ4v) is 4.71. The van der Waals surface area contributed by atoms with Crippen LogP contribution < -0.4 is 5.56 Å². The molecule has 0 atom stereocenters. The molecule has 0 amide bonds. The zero-order valence-electron chi connectivity index (χ0n) is 17.4. The van der Waals surface area contributed by atoms with Gasteiger partial charge in [-0.2, -0.15) is 0 Å². The molecule has 0 aliphatic heterocycles. The molecule has 0 spiro atoms. The van der Waals surface area contributed by atoms with Crippen LogP contribution in [0.15, 0.2) is 83.2 Å². The minimum Gasteiger partial charge on any atom is -0.462 e. The molecular weight excluding hydrogens is 420 g/mol. The molecule has 0 radical (unpaired) electrons. The van der Waals surface area contributed by atoms with Gasteiger partial charge in [-0.15, -0.1) is 11.3 Å². The molecule has 0 saturated carbocycles. The second kappa shape index (κ2) is 8.40. The summed E-state index contributed by atoms with van der Waals surface area (Å²) in [6, 6.07) is 21.5. The van der Waals surface area contributed by atoms with Crippen molar-refractivity contribution < 1.29 is 9.53 Å². The van der Waals surface area contributed by atoms with Gasteiger partial charge in [-0.1, -0.05) is 48.5 Å². The molecular formula is C26H20N2O3S. The lowest BCUT2D eigenvalue weighted by Gasteiger charge is -2.08. The van der Waals surface area contributed by atoms with Crippen LogP contribution in [0, 0.1) is 0 Å². The van der Waals surface area contributed by atoms with Gasteiger partial charge in [0.05, 0.1) is 30.4 Å². The quantitative estimate of drug-likeness (QED) is 0.339.